The maximum Gasteiger partial charge on any atom is 0.414 e. The summed E-state index contributed by atoms with van der Waals surface area (Å²) in [5, 5.41) is 21.6. The van der Waals surface area contributed by atoms with Crippen LogP contribution in [0.1, 0.15) is 13.8 Å². The van der Waals surface area contributed by atoms with E-state index in [0.717, 1.165) is 0 Å². The van der Waals surface area contributed by atoms with Gasteiger partial charge in [-0.15, -0.1) is 0 Å². The summed E-state index contributed by atoms with van der Waals surface area (Å²) in [4.78, 5) is 37.7. The molecule has 2 aliphatic rings. The molecular formula is C19H25FN4O6. The SMILES string of the molecule is CC(=O)N(O)C[C@@H]1CN(c2ccc(N3C[C@H](C)[C@H](NC(=O)CO)C3)c(F)c2)C(=O)O1. The number of amides is 3. The highest BCUT2D eigenvalue weighted by atomic mass is 19.1. The van der Waals surface area contributed by atoms with Crippen molar-refractivity contribution >= 4 is 29.3 Å². The topological polar surface area (TPSA) is 123 Å². The first-order chi connectivity index (χ1) is 14.2. The lowest BCUT2D eigenvalue weighted by Crippen LogP contribution is -2.41. The Morgan fingerprint density at radius 3 is 2.70 bits per heavy atom. The van der Waals surface area contributed by atoms with Gasteiger partial charge in [-0.1, -0.05) is 6.92 Å². The number of nitrogens with one attached hydrogen (secondary N) is 1. The third kappa shape index (κ3) is 4.62. The molecule has 0 aromatic heterocycles. The van der Waals surface area contributed by atoms with E-state index in [0.29, 0.717) is 29.5 Å². The molecule has 3 N–H and O–H groups in total. The second-order valence-electron chi connectivity index (χ2n) is 7.57. The average Bonchev–Trinajstić information content (AvgIpc) is 3.23. The molecule has 0 bridgehead atoms. The monoisotopic (exact) mass is 424 g/mol. The Morgan fingerprint density at radius 1 is 1.33 bits per heavy atom. The second-order valence-corrected chi connectivity index (χ2v) is 7.57. The maximum atomic E-state index is 14.8. The van der Waals surface area contributed by atoms with E-state index in [2.05, 4.69) is 5.32 Å². The number of hydrogen-bond acceptors (Lipinski definition) is 7. The summed E-state index contributed by atoms with van der Waals surface area (Å²) in [6.07, 6.45) is -1.42. The molecule has 0 radical (unpaired) electrons. The smallest absolute Gasteiger partial charge is 0.414 e. The Morgan fingerprint density at radius 2 is 2.07 bits per heavy atom. The van der Waals surface area contributed by atoms with Crippen molar-refractivity contribution in [2.75, 3.05) is 42.6 Å². The van der Waals surface area contributed by atoms with Crippen molar-refractivity contribution in [2.45, 2.75) is 26.0 Å². The van der Waals surface area contributed by atoms with Gasteiger partial charge in [0.15, 0.2) is 0 Å². The van der Waals surface area contributed by atoms with Gasteiger partial charge >= 0.3 is 6.09 Å². The van der Waals surface area contributed by atoms with Crippen LogP contribution in [0.15, 0.2) is 18.2 Å². The molecule has 0 saturated carbocycles. The van der Waals surface area contributed by atoms with Crippen LogP contribution in [0.2, 0.25) is 0 Å². The number of carbonyl (C=O) groups excluding carboxylic acids is 3. The first-order valence-corrected chi connectivity index (χ1v) is 9.59. The van der Waals surface area contributed by atoms with Gasteiger partial charge < -0.3 is 20.1 Å². The number of aliphatic hydroxyl groups excluding tert-OH is 1. The minimum atomic E-state index is -0.732. The van der Waals surface area contributed by atoms with Gasteiger partial charge in [0, 0.05) is 20.0 Å². The Kier molecular flexibility index (Phi) is 6.42. The van der Waals surface area contributed by atoms with Crippen LogP contribution in [0, 0.1) is 11.7 Å². The number of cyclic esters (lactones) is 1. The molecule has 30 heavy (non-hydrogen) atoms. The molecule has 164 valence electrons. The van der Waals surface area contributed by atoms with Crippen LogP contribution in [0.4, 0.5) is 20.6 Å². The van der Waals surface area contributed by atoms with Crippen molar-refractivity contribution in [2.24, 2.45) is 5.92 Å². The highest BCUT2D eigenvalue weighted by Crippen LogP contribution is 2.31. The zero-order valence-corrected chi connectivity index (χ0v) is 16.7. The minimum Gasteiger partial charge on any atom is -0.442 e. The molecular weight excluding hydrogens is 399 g/mol. The number of benzene rings is 1. The van der Waals surface area contributed by atoms with Crippen LogP contribution in [0.3, 0.4) is 0 Å². The predicted octanol–water partition coefficient (Wildman–Crippen LogP) is 0.322. The molecule has 3 amide bonds. The second kappa shape index (κ2) is 8.84. The Balaban J connectivity index is 1.68. The van der Waals surface area contributed by atoms with Crippen molar-refractivity contribution in [3.05, 3.63) is 24.0 Å². The van der Waals surface area contributed by atoms with Gasteiger partial charge in [0.25, 0.3) is 0 Å². The van der Waals surface area contributed by atoms with Crippen molar-refractivity contribution in [3.63, 3.8) is 0 Å². The molecule has 2 aliphatic heterocycles. The number of carbonyl (C=O) groups is 3. The van der Waals surface area contributed by atoms with Crippen LogP contribution in [-0.2, 0) is 14.3 Å². The van der Waals surface area contributed by atoms with Gasteiger partial charge in [-0.3, -0.25) is 19.7 Å². The van der Waals surface area contributed by atoms with E-state index < -0.39 is 36.4 Å². The zero-order valence-electron chi connectivity index (χ0n) is 16.7. The predicted molar refractivity (Wildman–Crippen MR) is 104 cm³/mol. The molecule has 0 spiro atoms. The fourth-order valence-electron chi connectivity index (χ4n) is 3.67. The maximum absolute atomic E-state index is 14.8. The minimum absolute atomic E-state index is 0.0663. The van der Waals surface area contributed by atoms with Gasteiger partial charge in [-0.25, -0.2) is 14.2 Å². The van der Waals surface area contributed by atoms with Crippen LogP contribution >= 0.6 is 0 Å². The number of ether oxygens (including phenoxy) is 1. The average molecular weight is 424 g/mol. The zero-order chi connectivity index (χ0) is 22.0. The summed E-state index contributed by atoms with van der Waals surface area (Å²) >= 11 is 0. The third-order valence-corrected chi connectivity index (χ3v) is 5.30. The number of rotatable bonds is 6. The lowest BCUT2D eigenvalue weighted by atomic mass is 10.1. The van der Waals surface area contributed by atoms with E-state index in [4.69, 9.17) is 9.84 Å². The molecule has 1 aromatic rings. The summed E-state index contributed by atoms with van der Waals surface area (Å²) in [6, 6.07) is 4.17. The molecule has 10 nitrogen and oxygen atoms in total. The molecule has 3 rings (SSSR count). The Labute approximate surface area is 172 Å². The number of hydroxylamine groups is 2. The van der Waals surface area contributed by atoms with Gasteiger partial charge in [-0.05, 0) is 24.1 Å². The number of nitrogens with zero attached hydrogens (tertiary/aromatic N) is 3. The van der Waals surface area contributed by atoms with Crippen molar-refractivity contribution in [3.8, 4) is 0 Å². The first-order valence-electron chi connectivity index (χ1n) is 9.59. The summed E-state index contributed by atoms with van der Waals surface area (Å²) in [7, 11) is 0. The molecule has 1 aromatic carbocycles. The fraction of sp³-hybridized carbons (Fsp3) is 0.526. The highest BCUT2D eigenvalue weighted by molar-refractivity contribution is 5.90. The molecule has 11 heteroatoms. The van der Waals surface area contributed by atoms with Gasteiger partial charge in [0.05, 0.1) is 30.5 Å². The van der Waals surface area contributed by atoms with Crippen molar-refractivity contribution < 1.29 is 33.8 Å². The lowest BCUT2D eigenvalue weighted by molar-refractivity contribution is -0.166. The summed E-state index contributed by atoms with van der Waals surface area (Å²) in [6.45, 7) is 3.33. The molecule has 0 aliphatic carbocycles. The number of anilines is 2. The normalized spacial score (nSPS) is 23.5. The fourth-order valence-corrected chi connectivity index (χ4v) is 3.67. The van der Waals surface area contributed by atoms with Gasteiger partial charge in [0.1, 0.15) is 18.5 Å². The van der Waals surface area contributed by atoms with E-state index in [9.17, 15) is 24.0 Å². The summed E-state index contributed by atoms with van der Waals surface area (Å²) < 4.78 is 20.0. The highest BCUT2D eigenvalue weighted by Gasteiger charge is 2.35. The molecule has 3 atom stereocenters. The van der Waals surface area contributed by atoms with Crippen LogP contribution in [0.25, 0.3) is 0 Å². The van der Waals surface area contributed by atoms with Crippen LogP contribution in [-0.4, -0.2) is 78.2 Å². The standard InChI is InChI=1S/C19H25FN4O6/c1-11-6-22(9-16(11)21-18(27)10-25)17-4-3-13(5-15(17)20)23-7-14(30-19(23)28)8-24(29)12(2)26/h3-5,11,14,16,25,29H,6-10H2,1-2H3,(H,21,27)/t11-,14-,16+/m0/s1. The molecule has 0 unspecified atom stereocenters. The number of halogens is 1. The number of hydrogen-bond donors (Lipinski definition) is 3. The third-order valence-electron chi connectivity index (χ3n) is 5.30. The molecule has 2 heterocycles. The first kappa shape index (κ1) is 21.8. The van der Waals surface area contributed by atoms with Gasteiger partial charge in [0.2, 0.25) is 11.8 Å². The quantitative estimate of drug-likeness (QED) is 0.444. The Hall–Kier alpha value is -2.92. The lowest BCUT2D eigenvalue weighted by Gasteiger charge is -2.21. The number of aliphatic hydroxyl groups is 1. The van der Waals surface area contributed by atoms with Crippen molar-refractivity contribution in [1.82, 2.24) is 10.4 Å². The van der Waals surface area contributed by atoms with Crippen molar-refractivity contribution in [1.29, 1.82) is 0 Å². The Bertz CT molecular complexity index is 837. The van der Waals surface area contributed by atoms with E-state index in [1.807, 2.05) is 6.92 Å². The van der Waals surface area contributed by atoms with E-state index >= 15 is 0 Å². The summed E-state index contributed by atoms with van der Waals surface area (Å²) in [5.74, 6) is -1.51. The van der Waals surface area contributed by atoms with Gasteiger partial charge in [-0.2, -0.15) is 0 Å². The molecule has 2 saturated heterocycles. The largest absolute Gasteiger partial charge is 0.442 e. The van der Waals surface area contributed by atoms with E-state index in [-0.39, 0.29) is 25.0 Å². The van der Waals surface area contributed by atoms with E-state index in [1.165, 1.54) is 17.9 Å². The van der Waals surface area contributed by atoms with Crippen LogP contribution < -0.4 is 15.1 Å². The van der Waals surface area contributed by atoms with E-state index in [1.54, 1.807) is 17.0 Å². The van der Waals surface area contributed by atoms with Crippen LogP contribution in [0.5, 0.6) is 0 Å². The summed E-state index contributed by atoms with van der Waals surface area (Å²) in [5.41, 5.74) is 0.641. The molecule has 2 fully saturated rings.